The van der Waals surface area contributed by atoms with Crippen molar-refractivity contribution in [3.63, 3.8) is 0 Å². The van der Waals surface area contributed by atoms with E-state index in [1.54, 1.807) is 24.3 Å². The van der Waals surface area contributed by atoms with Gasteiger partial charge in [0.2, 0.25) is 0 Å². The van der Waals surface area contributed by atoms with Gasteiger partial charge < -0.3 is 11.1 Å². The summed E-state index contributed by atoms with van der Waals surface area (Å²) < 4.78 is 0. The van der Waals surface area contributed by atoms with Crippen molar-refractivity contribution in [2.45, 2.75) is 13.0 Å². The number of nitrogen functional groups attached to an aromatic ring is 1. The summed E-state index contributed by atoms with van der Waals surface area (Å²) in [7, 11) is 0. The van der Waals surface area contributed by atoms with Gasteiger partial charge in [-0.25, -0.2) is 9.97 Å². The molecule has 1 aromatic heterocycles. The standard InChI is InChI=1S/C14H13N5O.ClH/c1-9(11-4-2-10(7-15)3-5-11)19-14(20)12-6-13(16)18-8-17-12;/h2-6,8-9H,1H3,(H,19,20)(H2,16,17,18);1H/t9-;/m0./s1. The number of benzene rings is 1. The lowest BCUT2D eigenvalue weighted by Crippen LogP contribution is -2.27. The first-order chi connectivity index (χ1) is 9.60. The molecule has 7 heteroatoms. The van der Waals surface area contributed by atoms with E-state index in [1.165, 1.54) is 12.4 Å². The average molecular weight is 304 g/mol. The molecule has 1 atom stereocenters. The van der Waals surface area contributed by atoms with Crippen LogP contribution in [0.25, 0.3) is 0 Å². The van der Waals surface area contributed by atoms with Crippen LogP contribution in [-0.2, 0) is 0 Å². The maximum absolute atomic E-state index is 12.0. The Labute approximate surface area is 128 Å². The molecule has 0 saturated heterocycles. The third-order valence-corrected chi connectivity index (χ3v) is 2.81. The molecule has 0 bridgehead atoms. The molecule has 108 valence electrons. The molecule has 0 aliphatic rings. The summed E-state index contributed by atoms with van der Waals surface area (Å²) in [5.74, 6) is -0.0767. The van der Waals surface area contributed by atoms with Crippen molar-refractivity contribution in [3.8, 4) is 6.07 Å². The summed E-state index contributed by atoms with van der Waals surface area (Å²) in [6.07, 6.45) is 1.25. The van der Waals surface area contributed by atoms with E-state index in [9.17, 15) is 4.79 Å². The summed E-state index contributed by atoms with van der Waals surface area (Å²) in [4.78, 5) is 19.6. The molecule has 0 saturated carbocycles. The Bertz CT molecular complexity index is 666. The van der Waals surface area contributed by atoms with Crippen molar-refractivity contribution in [2.75, 3.05) is 5.73 Å². The minimum atomic E-state index is -0.323. The fourth-order valence-electron chi connectivity index (χ4n) is 1.70. The number of carbonyl (C=O) groups excluding carboxylic acids is 1. The van der Waals surface area contributed by atoms with Gasteiger partial charge in [-0.2, -0.15) is 5.26 Å². The average Bonchev–Trinajstić information content (AvgIpc) is 2.47. The first kappa shape index (κ1) is 16.4. The van der Waals surface area contributed by atoms with E-state index >= 15 is 0 Å². The molecule has 0 unspecified atom stereocenters. The summed E-state index contributed by atoms with van der Waals surface area (Å²) in [5.41, 5.74) is 7.21. The zero-order valence-electron chi connectivity index (χ0n) is 11.3. The number of rotatable bonds is 3. The van der Waals surface area contributed by atoms with Gasteiger partial charge in [0, 0.05) is 6.07 Å². The van der Waals surface area contributed by atoms with E-state index in [-0.39, 0.29) is 35.9 Å². The van der Waals surface area contributed by atoms with Crippen LogP contribution >= 0.6 is 12.4 Å². The third kappa shape index (κ3) is 4.16. The maximum Gasteiger partial charge on any atom is 0.270 e. The Kier molecular flexibility index (Phi) is 5.64. The molecule has 2 aromatic rings. The highest BCUT2D eigenvalue weighted by molar-refractivity contribution is 5.93. The third-order valence-electron chi connectivity index (χ3n) is 2.81. The van der Waals surface area contributed by atoms with Crippen molar-refractivity contribution in [1.82, 2.24) is 15.3 Å². The molecule has 1 amide bonds. The summed E-state index contributed by atoms with van der Waals surface area (Å²) in [6, 6.07) is 10.3. The van der Waals surface area contributed by atoms with Crippen molar-refractivity contribution in [2.24, 2.45) is 0 Å². The number of nitrogens with one attached hydrogen (secondary N) is 1. The van der Waals surface area contributed by atoms with E-state index < -0.39 is 0 Å². The van der Waals surface area contributed by atoms with Crippen LogP contribution in [0.4, 0.5) is 5.82 Å². The summed E-state index contributed by atoms with van der Waals surface area (Å²) in [6.45, 7) is 1.85. The number of nitrogens with zero attached hydrogens (tertiary/aromatic N) is 3. The zero-order chi connectivity index (χ0) is 14.5. The number of anilines is 1. The first-order valence-corrected chi connectivity index (χ1v) is 5.98. The van der Waals surface area contributed by atoms with Crippen LogP contribution in [0.15, 0.2) is 36.7 Å². The van der Waals surface area contributed by atoms with E-state index in [0.29, 0.717) is 5.56 Å². The van der Waals surface area contributed by atoms with Gasteiger partial charge in [0.15, 0.2) is 0 Å². The number of hydrogen-bond donors (Lipinski definition) is 2. The topological polar surface area (TPSA) is 105 Å². The van der Waals surface area contributed by atoms with E-state index in [1.807, 2.05) is 13.0 Å². The van der Waals surface area contributed by atoms with E-state index in [0.717, 1.165) is 5.56 Å². The Balaban J connectivity index is 0.00000220. The molecule has 0 aliphatic heterocycles. The number of hydrogen-bond acceptors (Lipinski definition) is 5. The van der Waals surface area contributed by atoms with Crippen LogP contribution in [-0.4, -0.2) is 15.9 Å². The zero-order valence-corrected chi connectivity index (χ0v) is 12.1. The molecule has 6 nitrogen and oxygen atoms in total. The quantitative estimate of drug-likeness (QED) is 0.900. The predicted molar refractivity (Wildman–Crippen MR) is 80.7 cm³/mol. The number of halogens is 1. The Morgan fingerprint density at radius 1 is 1.33 bits per heavy atom. The fraction of sp³-hybridized carbons (Fsp3) is 0.143. The second-order valence-electron chi connectivity index (χ2n) is 4.26. The van der Waals surface area contributed by atoms with Gasteiger partial charge in [0.1, 0.15) is 17.8 Å². The lowest BCUT2D eigenvalue weighted by atomic mass is 10.1. The van der Waals surface area contributed by atoms with Crippen molar-refractivity contribution in [3.05, 3.63) is 53.5 Å². The molecular weight excluding hydrogens is 290 g/mol. The van der Waals surface area contributed by atoms with Crippen LogP contribution in [0.3, 0.4) is 0 Å². The number of amides is 1. The highest BCUT2D eigenvalue weighted by Gasteiger charge is 2.13. The lowest BCUT2D eigenvalue weighted by Gasteiger charge is -2.14. The van der Waals surface area contributed by atoms with Gasteiger partial charge in [-0.15, -0.1) is 12.4 Å². The Morgan fingerprint density at radius 2 is 2.00 bits per heavy atom. The van der Waals surface area contributed by atoms with Crippen molar-refractivity contribution < 1.29 is 4.79 Å². The van der Waals surface area contributed by atoms with Crippen LogP contribution in [0.5, 0.6) is 0 Å². The lowest BCUT2D eigenvalue weighted by molar-refractivity contribution is 0.0934. The molecule has 0 fully saturated rings. The number of aromatic nitrogens is 2. The maximum atomic E-state index is 12.0. The fourth-order valence-corrected chi connectivity index (χ4v) is 1.70. The Hall–Kier alpha value is -2.65. The number of carbonyl (C=O) groups is 1. The van der Waals surface area contributed by atoms with Gasteiger partial charge >= 0.3 is 0 Å². The highest BCUT2D eigenvalue weighted by Crippen LogP contribution is 2.13. The molecule has 1 aromatic carbocycles. The molecule has 21 heavy (non-hydrogen) atoms. The molecule has 2 rings (SSSR count). The second kappa shape index (κ2) is 7.22. The largest absolute Gasteiger partial charge is 0.384 e. The van der Waals surface area contributed by atoms with Crippen LogP contribution in [0, 0.1) is 11.3 Å². The molecule has 0 spiro atoms. The predicted octanol–water partition coefficient (Wildman–Crippen LogP) is 1.84. The van der Waals surface area contributed by atoms with Crippen LogP contribution in [0.2, 0.25) is 0 Å². The molecule has 1 heterocycles. The smallest absolute Gasteiger partial charge is 0.270 e. The van der Waals surface area contributed by atoms with Gasteiger partial charge in [-0.3, -0.25) is 4.79 Å². The minimum Gasteiger partial charge on any atom is -0.384 e. The second-order valence-corrected chi connectivity index (χ2v) is 4.26. The van der Waals surface area contributed by atoms with Crippen LogP contribution in [0.1, 0.15) is 34.6 Å². The van der Waals surface area contributed by atoms with Gasteiger partial charge in [-0.05, 0) is 24.6 Å². The molecular formula is C14H14ClN5O. The van der Waals surface area contributed by atoms with E-state index in [4.69, 9.17) is 11.0 Å². The Morgan fingerprint density at radius 3 is 2.57 bits per heavy atom. The number of nitriles is 1. The SMILES string of the molecule is C[C@H](NC(=O)c1cc(N)ncn1)c1ccc(C#N)cc1.Cl. The normalized spacial score (nSPS) is 10.9. The highest BCUT2D eigenvalue weighted by atomic mass is 35.5. The van der Waals surface area contributed by atoms with Crippen molar-refractivity contribution >= 4 is 24.1 Å². The molecule has 0 radical (unpaired) electrons. The van der Waals surface area contributed by atoms with Gasteiger partial charge in [0.25, 0.3) is 5.91 Å². The molecule has 0 aliphatic carbocycles. The molecule has 3 N–H and O–H groups in total. The first-order valence-electron chi connectivity index (χ1n) is 5.98. The number of nitrogens with two attached hydrogens (primary N) is 1. The van der Waals surface area contributed by atoms with Crippen molar-refractivity contribution in [1.29, 1.82) is 5.26 Å². The van der Waals surface area contributed by atoms with E-state index in [2.05, 4.69) is 15.3 Å². The minimum absolute atomic E-state index is 0. The summed E-state index contributed by atoms with van der Waals surface area (Å²) in [5, 5.41) is 11.6. The summed E-state index contributed by atoms with van der Waals surface area (Å²) >= 11 is 0. The monoisotopic (exact) mass is 303 g/mol. The van der Waals surface area contributed by atoms with Gasteiger partial charge in [-0.1, -0.05) is 12.1 Å². The van der Waals surface area contributed by atoms with Gasteiger partial charge in [0.05, 0.1) is 17.7 Å². The van der Waals surface area contributed by atoms with Crippen LogP contribution < -0.4 is 11.1 Å².